The van der Waals surface area contributed by atoms with E-state index in [1.807, 2.05) is 30.3 Å². The summed E-state index contributed by atoms with van der Waals surface area (Å²) >= 11 is 0. The summed E-state index contributed by atoms with van der Waals surface area (Å²) in [6.45, 7) is 1.39. The molecular weight excluding hydrogens is 282 g/mol. The number of fused-ring (bicyclic) bond motifs is 1. The Kier molecular flexibility index (Phi) is 3.23. The molecule has 1 atom stereocenters. The Bertz CT molecular complexity index is 809. The van der Waals surface area contributed by atoms with Gasteiger partial charge in [-0.25, -0.2) is 4.98 Å². The van der Waals surface area contributed by atoms with Gasteiger partial charge in [0, 0.05) is 24.0 Å². The molecule has 1 saturated heterocycles. The summed E-state index contributed by atoms with van der Waals surface area (Å²) in [6, 6.07) is 9.62. The zero-order valence-corrected chi connectivity index (χ0v) is 12.2. The average molecular weight is 297 g/mol. The lowest BCUT2D eigenvalue weighted by atomic mass is 10.1. The van der Waals surface area contributed by atoms with Gasteiger partial charge < -0.3 is 14.0 Å². The van der Waals surface area contributed by atoms with Crippen molar-refractivity contribution in [2.75, 3.05) is 20.3 Å². The number of rotatable bonds is 3. The number of nitrogens with zero attached hydrogens (tertiary/aromatic N) is 3. The van der Waals surface area contributed by atoms with Gasteiger partial charge in [0.2, 0.25) is 0 Å². The van der Waals surface area contributed by atoms with Gasteiger partial charge >= 0.3 is 0 Å². The number of pyridine rings is 1. The maximum absolute atomic E-state index is 5.45. The molecule has 0 unspecified atom stereocenters. The van der Waals surface area contributed by atoms with E-state index >= 15 is 0 Å². The van der Waals surface area contributed by atoms with Crippen LogP contribution in [0.15, 0.2) is 34.9 Å². The molecule has 1 fully saturated rings. The summed E-state index contributed by atoms with van der Waals surface area (Å²) in [5.74, 6) is 2.04. The molecule has 0 N–H and O–H groups in total. The molecule has 6 nitrogen and oxygen atoms in total. The summed E-state index contributed by atoms with van der Waals surface area (Å²) in [6.07, 6.45) is 0.924. The van der Waals surface area contributed by atoms with Gasteiger partial charge in [0.05, 0.1) is 19.2 Å². The second kappa shape index (κ2) is 5.38. The molecule has 0 bridgehead atoms. The highest BCUT2D eigenvalue weighted by Crippen LogP contribution is 2.30. The molecule has 0 amide bonds. The fraction of sp³-hybridized carbons (Fsp3) is 0.312. The maximum Gasteiger partial charge on any atom is 0.276 e. The van der Waals surface area contributed by atoms with Crippen molar-refractivity contribution in [2.45, 2.75) is 12.3 Å². The van der Waals surface area contributed by atoms with Crippen molar-refractivity contribution in [1.82, 2.24) is 15.1 Å². The highest BCUT2D eigenvalue weighted by molar-refractivity contribution is 5.87. The molecule has 1 aliphatic heterocycles. The first-order valence-electron chi connectivity index (χ1n) is 7.20. The molecule has 0 spiro atoms. The lowest BCUT2D eigenvalue weighted by Gasteiger charge is -2.06. The average Bonchev–Trinajstić information content (AvgIpc) is 3.24. The molecule has 0 saturated carbocycles. The summed E-state index contributed by atoms with van der Waals surface area (Å²) in [5.41, 5.74) is 1.45. The van der Waals surface area contributed by atoms with Gasteiger partial charge in [-0.2, -0.15) is 4.98 Å². The highest BCUT2D eigenvalue weighted by atomic mass is 16.5. The van der Waals surface area contributed by atoms with E-state index in [9.17, 15) is 0 Å². The fourth-order valence-electron chi connectivity index (χ4n) is 2.66. The number of hydrogen-bond acceptors (Lipinski definition) is 6. The van der Waals surface area contributed by atoms with E-state index in [0.717, 1.165) is 29.7 Å². The third-order valence-electron chi connectivity index (χ3n) is 3.85. The Hall–Kier alpha value is -2.47. The van der Waals surface area contributed by atoms with Gasteiger partial charge in [0.1, 0.15) is 11.4 Å². The van der Waals surface area contributed by atoms with Crippen LogP contribution in [0.1, 0.15) is 18.2 Å². The van der Waals surface area contributed by atoms with Crippen LogP contribution in [0.5, 0.6) is 5.75 Å². The fourth-order valence-corrected chi connectivity index (χ4v) is 2.66. The monoisotopic (exact) mass is 297 g/mol. The third kappa shape index (κ3) is 2.21. The van der Waals surface area contributed by atoms with Gasteiger partial charge in [-0.05, 0) is 18.6 Å². The van der Waals surface area contributed by atoms with Gasteiger partial charge in [0.25, 0.3) is 5.89 Å². The Balaban J connectivity index is 1.77. The van der Waals surface area contributed by atoms with E-state index in [0.29, 0.717) is 24.0 Å². The van der Waals surface area contributed by atoms with Gasteiger partial charge in [0.15, 0.2) is 5.82 Å². The van der Waals surface area contributed by atoms with Crippen LogP contribution in [0.25, 0.3) is 22.5 Å². The van der Waals surface area contributed by atoms with Crippen molar-refractivity contribution in [1.29, 1.82) is 0 Å². The first-order chi connectivity index (χ1) is 10.8. The van der Waals surface area contributed by atoms with E-state index < -0.39 is 0 Å². The quantitative estimate of drug-likeness (QED) is 0.740. The van der Waals surface area contributed by atoms with Crippen molar-refractivity contribution in [3.05, 3.63) is 36.2 Å². The van der Waals surface area contributed by atoms with Crippen LogP contribution in [0.3, 0.4) is 0 Å². The van der Waals surface area contributed by atoms with Crippen LogP contribution < -0.4 is 4.74 Å². The van der Waals surface area contributed by atoms with Crippen LogP contribution in [-0.4, -0.2) is 35.4 Å². The second-order valence-electron chi connectivity index (χ2n) is 5.25. The zero-order chi connectivity index (χ0) is 14.9. The molecular formula is C16H15N3O3. The van der Waals surface area contributed by atoms with E-state index in [1.165, 1.54) is 0 Å². The Labute approximate surface area is 127 Å². The minimum atomic E-state index is 0.208. The molecule has 1 aliphatic rings. The number of benzene rings is 1. The minimum absolute atomic E-state index is 0.208. The SMILES string of the molecule is COc1cc(-c2nc([C@@H]3CCOC3)no2)nc2ccccc12. The summed E-state index contributed by atoms with van der Waals surface area (Å²) < 4.78 is 16.2. The highest BCUT2D eigenvalue weighted by Gasteiger charge is 2.24. The lowest BCUT2D eigenvalue weighted by molar-refractivity contribution is 0.192. The van der Waals surface area contributed by atoms with Gasteiger partial charge in [-0.1, -0.05) is 17.3 Å². The van der Waals surface area contributed by atoms with Crippen LogP contribution in [0, 0.1) is 0 Å². The predicted octanol–water partition coefficient (Wildman–Crippen LogP) is 2.80. The number of para-hydroxylation sites is 1. The minimum Gasteiger partial charge on any atom is -0.496 e. The van der Waals surface area contributed by atoms with E-state index in [-0.39, 0.29) is 5.92 Å². The van der Waals surface area contributed by atoms with Gasteiger partial charge in [-0.15, -0.1) is 0 Å². The largest absolute Gasteiger partial charge is 0.496 e. The number of methoxy groups -OCH3 is 1. The molecule has 22 heavy (non-hydrogen) atoms. The Morgan fingerprint density at radius 2 is 2.14 bits per heavy atom. The van der Waals surface area contributed by atoms with E-state index in [1.54, 1.807) is 7.11 Å². The molecule has 112 valence electrons. The van der Waals surface area contributed by atoms with Crippen molar-refractivity contribution in [3.63, 3.8) is 0 Å². The van der Waals surface area contributed by atoms with Crippen molar-refractivity contribution >= 4 is 10.9 Å². The molecule has 0 radical (unpaired) electrons. The second-order valence-corrected chi connectivity index (χ2v) is 5.25. The Morgan fingerprint density at radius 1 is 1.23 bits per heavy atom. The van der Waals surface area contributed by atoms with E-state index in [4.69, 9.17) is 14.0 Å². The summed E-state index contributed by atoms with van der Waals surface area (Å²) in [7, 11) is 1.64. The van der Waals surface area contributed by atoms with Gasteiger partial charge in [-0.3, -0.25) is 0 Å². The van der Waals surface area contributed by atoms with Crippen molar-refractivity contribution in [3.8, 4) is 17.3 Å². The zero-order valence-electron chi connectivity index (χ0n) is 12.2. The van der Waals surface area contributed by atoms with Crippen molar-refractivity contribution < 1.29 is 14.0 Å². The normalized spacial score (nSPS) is 18.0. The van der Waals surface area contributed by atoms with Crippen LogP contribution >= 0.6 is 0 Å². The maximum atomic E-state index is 5.45. The van der Waals surface area contributed by atoms with Crippen molar-refractivity contribution in [2.24, 2.45) is 0 Å². The van der Waals surface area contributed by atoms with Crippen LogP contribution in [-0.2, 0) is 4.74 Å². The summed E-state index contributed by atoms with van der Waals surface area (Å²) in [4.78, 5) is 9.06. The molecule has 2 aromatic heterocycles. The smallest absolute Gasteiger partial charge is 0.276 e. The molecule has 3 aromatic rings. The molecule has 1 aromatic carbocycles. The number of aromatic nitrogens is 3. The molecule has 3 heterocycles. The molecule has 6 heteroatoms. The Morgan fingerprint density at radius 3 is 2.95 bits per heavy atom. The first kappa shape index (κ1) is 13.2. The standard InChI is InChI=1S/C16H15N3O3/c1-20-14-8-13(17-12-5-3-2-4-11(12)14)16-18-15(19-22-16)10-6-7-21-9-10/h2-5,8,10H,6-7,9H2,1H3/t10-/m1/s1. The van der Waals surface area contributed by atoms with Crippen LogP contribution in [0.4, 0.5) is 0 Å². The molecule has 0 aliphatic carbocycles. The number of hydrogen-bond donors (Lipinski definition) is 0. The number of ether oxygens (including phenoxy) is 2. The topological polar surface area (TPSA) is 70.3 Å². The summed E-state index contributed by atoms with van der Waals surface area (Å²) in [5, 5.41) is 5.02. The van der Waals surface area contributed by atoms with E-state index in [2.05, 4.69) is 15.1 Å². The third-order valence-corrected chi connectivity index (χ3v) is 3.85. The van der Waals surface area contributed by atoms with Crippen LogP contribution in [0.2, 0.25) is 0 Å². The first-order valence-corrected chi connectivity index (χ1v) is 7.20. The lowest BCUT2D eigenvalue weighted by Crippen LogP contribution is -1.99. The molecule has 4 rings (SSSR count). The predicted molar refractivity (Wildman–Crippen MR) is 79.8 cm³/mol.